The first-order valence-electron chi connectivity index (χ1n) is 4.80. The van der Waals surface area contributed by atoms with Crippen LogP contribution in [0.5, 0.6) is 0 Å². The molecule has 1 heterocycles. The van der Waals surface area contributed by atoms with Crippen molar-refractivity contribution < 1.29 is 15.9 Å². The maximum atomic E-state index is 4.43. The molecule has 0 fully saturated rings. The van der Waals surface area contributed by atoms with Gasteiger partial charge in [-0.1, -0.05) is 25.2 Å². The maximum absolute atomic E-state index is 4.43. The molecule has 1 nitrogen and oxygen atoms in total. The molecule has 0 radical (unpaired) electrons. The molecule has 15 heavy (non-hydrogen) atoms. The Kier molecular flexibility index (Phi) is 2.65. The van der Waals surface area contributed by atoms with Gasteiger partial charge in [-0.2, -0.15) is 5.92 Å². The third kappa shape index (κ3) is 1.33. The van der Waals surface area contributed by atoms with E-state index in [1.807, 2.05) is 6.21 Å². The molecule has 0 aromatic heterocycles. The first-order valence-corrected chi connectivity index (χ1v) is 5.70. The van der Waals surface area contributed by atoms with E-state index in [0.717, 1.165) is 5.70 Å². The Morgan fingerprint density at radius 2 is 2.07 bits per heavy atom. The number of aliphatic imine (C=N–C) groups is 1. The molecule has 1 atom stereocenters. The van der Waals surface area contributed by atoms with Gasteiger partial charge in [0, 0.05) is 5.70 Å². The number of nitrogens with zero attached hydrogens (tertiary/aromatic N) is 1. The van der Waals surface area contributed by atoms with Gasteiger partial charge in [-0.25, -0.2) is 12.2 Å². The van der Waals surface area contributed by atoms with E-state index in [4.69, 9.17) is 0 Å². The molecule has 0 N–H and O–H groups in total. The zero-order chi connectivity index (χ0) is 10.9. The zero-order valence-corrected chi connectivity index (χ0v) is 9.88. The van der Waals surface area contributed by atoms with E-state index in [2.05, 4.69) is 69.6 Å². The molecule has 0 amide bonds. The van der Waals surface area contributed by atoms with Crippen molar-refractivity contribution in [3.05, 3.63) is 53.6 Å². The predicted molar refractivity (Wildman–Crippen MR) is 61.4 cm³/mol. The van der Waals surface area contributed by atoms with Crippen LogP contribution >= 0.6 is 0 Å². The zero-order valence-electron chi connectivity index (χ0n) is 8.60. The van der Waals surface area contributed by atoms with E-state index < -0.39 is 0 Å². The average molecular weight is 234 g/mol. The molecular formula is C13H12CrN-. The second-order valence-electron chi connectivity index (χ2n) is 3.73. The first kappa shape index (κ1) is 10.4. The third-order valence-corrected chi connectivity index (χ3v) is 3.09. The van der Waals surface area contributed by atoms with Gasteiger partial charge >= 0.3 is 21.2 Å². The fourth-order valence-electron chi connectivity index (χ4n) is 2.15. The number of allylic oxidation sites excluding steroid dienone is 7. The van der Waals surface area contributed by atoms with Crippen molar-refractivity contribution in [2.75, 3.05) is 0 Å². The standard InChI is InChI=1S/C12H10N.CH2.Cr/c1-12-9-4-2-3-5-11(12)13-8-10(12)7-6-9;;/h2-8H,1H3;1H2;/q-1;;. The molecule has 1 unspecified atom stereocenters. The van der Waals surface area contributed by atoms with E-state index in [9.17, 15) is 0 Å². The van der Waals surface area contributed by atoms with Gasteiger partial charge in [0.25, 0.3) is 0 Å². The molecule has 1 aliphatic heterocycles. The van der Waals surface area contributed by atoms with Crippen LogP contribution in [0.4, 0.5) is 0 Å². The van der Waals surface area contributed by atoms with E-state index in [1.165, 1.54) is 11.5 Å². The fraction of sp³-hybridized carbons (Fsp3) is 0.154. The van der Waals surface area contributed by atoms with Gasteiger partial charge in [0.1, 0.15) is 0 Å². The summed E-state index contributed by atoms with van der Waals surface area (Å²) in [6, 6.07) is 0. The van der Waals surface area contributed by atoms with Gasteiger partial charge in [0.05, 0.1) is 0 Å². The number of hydrogen-bond acceptors (Lipinski definition) is 1. The van der Waals surface area contributed by atoms with E-state index in [0.29, 0.717) is 0 Å². The molecule has 0 spiro atoms. The van der Waals surface area contributed by atoms with Crippen LogP contribution in [0.2, 0.25) is 0 Å². The Labute approximate surface area is 98.6 Å². The number of hydrogen-bond donors (Lipinski definition) is 0. The van der Waals surface area contributed by atoms with Crippen LogP contribution in [0.15, 0.2) is 52.7 Å². The second-order valence-corrected chi connectivity index (χ2v) is 3.73. The monoisotopic (exact) mass is 234 g/mol. The van der Waals surface area contributed by atoms with Crippen molar-refractivity contribution in [2.45, 2.75) is 6.92 Å². The quantitative estimate of drug-likeness (QED) is 0.571. The van der Waals surface area contributed by atoms with Crippen LogP contribution in [0.25, 0.3) is 0 Å². The topological polar surface area (TPSA) is 12.4 Å². The SMILES string of the molecule is CC12C3=CC=CC=C1N=C[C-]2C=C3.[CH2]=[Cr]. The minimum atomic E-state index is 0.0451. The molecular weight excluding hydrogens is 222 g/mol. The van der Waals surface area contributed by atoms with Crippen LogP contribution < -0.4 is 0 Å². The van der Waals surface area contributed by atoms with E-state index in [1.54, 1.807) is 0 Å². The summed E-state index contributed by atoms with van der Waals surface area (Å²) in [4.78, 5) is 4.43. The van der Waals surface area contributed by atoms with Crippen molar-refractivity contribution in [1.82, 2.24) is 0 Å². The summed E-state index contributed by atoms with van der Waals surface area (Å²) >= 11 is 2.38. The van der Waals surface area contributed by atoms with E-state index in [-0.39, 0.29) is 5.41 Å². The predicted octanol–water partition coefficient (Wildman–Crippen LogP) is 2.57. The average Bonchev–Trinajstić information content (AvgIpc) is 2.68. The van der Waals surface area contributed by atoms with Gasteiger partial charge in [-0.05, 0) is 17.7 Å². The molecule has 2 heteroatoms. The van der Waals surface area contributed by atoms with Gasteiger partial charge in [0.15, 0.2) is 0 Å². The van der Waals surface area contributed by atoms with Crippen molar-refractivity contribution >= 4 is 11.6 Å². The van der Waals surface area contributed by atoms with Gasteiger partial charge < -0.3 is 0 Å². The summed E-state index contributed by atoms with van der Waals surface area (Å²) < 4.78 is 0. The molecule has 3 aliphatic rings. The normalized spacial score (nSPS) is 29.0. The Morgan fingerprint density at radius 1 is 1.33 bits per heavy atom. The Hall–Kier alpha value is -1.10. The molecule has 0 saturated carbocycles. The molecule has 0 aromatic carbocycles. The minimum absolute atomic E-state index is 0.0451. The molecule has 76 valence electrons. The first-order chi connectivity index (χ1) is 7.32. The Bertz CT molecular complexity index is 390. The Balaban J connectivity index is 0.000000404. The van der Waals surface area contributed by atoms with Crippen LogP contribution in [-0.4, -0.2) is 11.6 Å². The van der Waals surface area contributed by atoms with Gasteiger partial charge in [-0.3, -0.25) is 4.99 Å². The van der Waals surface area contributed by atoms with Crippen molar-refractivity contribution in [1.29, 1.82) is 0 Å². The summed E-state index contributed by atoms with van der Waals surface area (Å²) in [7, 11) is 0. The Morgan fingerprint density at radius 3 is 2.87 bits per heavy atom. The van der Waals surface area contributed by atoms with Crippen LogP contribution in [0.3, 0.4) is 0 Å². The van der Waals surface area contributed by atoms with Crippen molar-refractivity contribution in [2.24, 2.45) is 10.4 Å². The molecule has 0 bridgehead atoms. The molecule has 0 aromatic rings. The van der Waals surface area contributed by atoms with Crippen LogP contribution in [-0.2, 0) is 15.9 Å². The summed E-state index contributed by atoms with van der Waals surface area (Å²) in [6.07, 6.45) is 14.7. The molecule has 0 saturated heterocycles. The van der Waals surface area contributed by atoms with Crippen molar-refractivity contribution in [3.8, 4) is 0 Å². The molecule has 2 aliphatic carbocycles. The van der Waals surface area contributed by atoms with Crippen molar-refractivity contribution in [3.63, 3.8) is 0 Å². The third-order valence-electron chi connectivity index (χ3n) is 3.09. The summed E-state index contributed by atoms with van der Waals surface area (Å²) in [5, 5.41) is 3.12. The number of rotatable bonds is 0. The summed E-state index contributed by atoms with van der Waals surface area (Å²) in [6.45, 7) is 2.24. The van der Waals surface area contributed by atoms with Gasteiger partial charge in [-0.15, -0.1) is 5.57 Å². The van der Waals surface area contributed by atoms with Crippen LogP contribution in [0, 0.1) is 11.3 Å². The molecule has 3 rings (SSSR count). The summed E-state index contributed by atoms with van der Waals surface area (Å²) in [5.41, 5.74) is 2.55. The summed E-state index contributed by atoms with van der Waals surface area (Å²) in [5.74, 6) is 1.31. The van der Waals surface area contributed by atoms with Gasteiger partial charge in [0.2, 0.25) is 0 Å². The second kappa shape index (κ2) is 3.81. The fourth-order valence-corrected chi connectivity index (χ4v) is 2.15. The van der Waals surface area contributed by atoms with E-state index >= 15 is 0 Å². The van der Waals surface area contributed by atoms with Crippen LogP contribution in [0.1, 0.15) is 6.92 Å².